The third-order valence-electron chi connectivity index (χ3n) is 4.77. The van der Waals surface area contributed by atoms with E-state index in [4.69, 9.17) is 10.5 Å². The lowest BCUT2D eigenvalue weighted by Gasteiger charge is -2.56. The van der Waals surface area contributed by atoms with Crippen LogP contribution in [0.1, 0.15) is 17.7 Å². The number of ether oxygens (including phenoxy) is 2. The second kappa shape index (κ2) is 7.60. The predicted octanol–water partition coefficient (Wildman–Crippen LogP) is 0.188. The molecule has 1 fully saturated rings. The Morgan fingerprint density at radius 2 is 2.21 bits per heavy atom. The summed E-state index contributed by atoms with van der Waals surface area (Å²) in [6.07, 6.45) is -0.383. The minimum Gasteiger partial charge on any atom is -0.477 e. The zero-order chi connectivity index (χ0) is 20.5. The van der Waals surface area contributed by atoms with Gasteiger partial charge in [0.25, 0.3) is 5.91 Å². The summed E-state index contributed by atoms with van der Waals surface area (Å²) in [5, 5.41) is 14.0. The van der Waals surface area contributed by atoms with Crippen LogP contribution in [0.3, 0.4) is 0 Å². The van der Waals surface area contributed by atoms with E-state index in [-0.39, 0.29) is 30.7 Å². The summed E-state index contributed by atoms with van der Waals surface area (Å²) < 4.78 is 10.1. The van der Waals surface area contributed by atoms with Crippen LogP contribution in [0.5, 0.6) is 0 Å². The van der Waals surface area contributed by atoms with Gasteiger partial charge in [0.1, 0.15) is 12.3 Å². The van der Waals surface area contributed by atoms with Gasteiger partial charge in [-0.05, 0) is 29.9 Å². The van der Waals surface area contributed by atoms with E-state index < -0.39 is 35.6 Å². The number of fused-ring (bicyclic) bond motifs is 1. The number of hydrogen-bond donors (Lipinski definition) is 3. The molecule has 28 heavy (non-hydrogen) atoms. The molecule has 0 aromatic carbocycles. The molecule has 0 spiro atoms. The van der Waals surface area contributed by atoms with Crippen LogP contribution in [0.2, 0.25) is 0 Å². The van der Waals surface area contributed by atoms with Gasteiger partial charge in [-0.15, -0.1) is 11.3 Å². The van der Waals surface area contributed by atoms with Crippen LogP contribution in [-0.2, 0) is 30.3 Å². The summed E-state index contributed by atoms with van der Waals surface area (Å²) in [6, 6.07) is 2.94. The molecular weight excluding hydrogens is 390 g/mol. The highest BCUT2D eigenvalue weighted by atomic mass is 32.1. The fourth-order valence-corrected chi connectivity index (χ4v) is 4.26. The summed E-state index contributed by atoms with van der Waals surface area (Å²) in [5.41, 5.74) is 3.30. The van der Waals surface area contributed by atoms with Crippen LogP contribution in [0, 0.1) is 0 Å². The lowest BCUT2D eigenvalue weighted by Crippen LogP contribution is -2.81. The van der Waals surface area contributed by atoms with Crippen molar-refractivity contribution < 1.29 is 33.8 Å². The molecule has 0 aliphatic carbocycles. The van der Waals surface area contributed by atoms with Crippen LogP contribution in [0.15, 0.2) is 28.8 Å². The number of carboxylic acid groups (broad SMARTS) is 1. The number of nitrogens with two attached hydrogens (primary N) is 1. The van der Waals surface area contributed by atoms with Crippen LogP contribution in [0.25, 0.3) is 0 Å². The fourth-order valence-electron chi connectivity index (χ4n) is 3.56. The third-order valence-corrected chi connectivity index (χ3v) is 5.64. The molecule has 0 saturated carbocycles. The molecular formula is C17H19N3O7S. The molecule has 3 amide bonds. The summed E-state index contributed by atoms with van der Waals surface area (Å²) in [6.45, 7) is -0.321. The quantitative estimate of drug-likeness (QED) is 0.430. The molecule has 2 aliphatic rings. The molecule has 3 heterocycles. The molecule has 150 valence electrons. The zero-order valence-electron chi connectivity index (χ0n) is 15.0. The maximum absolute atomic E-state index is 12.8. The van der Waals surface area contributed by atoms with E-state index in [0.29, 0.717) is 6.42 Å². The van der Waals surface area contributed by atoms with E-state index in [2.05, 4.69) is 10.1 Å². The van der Waals surface area contributed by atoms with Crippen molar-refractivity contribution in [1.82, 2.24) is 10.2 Å². The molecule has 3 rings (SSSR count). The van der Waals surface area contributed by atoms with Crippen molar-refractivity contribution in [1.29, 1.82) is 0 Å². The first-order valence-electron chi connectivity index (χ1n) is 8.40. The van der Waals surface area contributed by atoms with Gasteiger partial charge >= 0.3 is 12.1 Å². The average Bonchev–Trinajstić information content (AvgIpc) is 3.15. The summed E-state index contributed by atoms with van der Waals surface area (Å²) in [5.74, 6) is -2.43. The first kappa shape index (κ1) is 19.8. The van der Waals surface area contributed by atoms with E-state index in [1.54, 1.807) is 6.07 Å². The third kappa shape index (κ3) is 3.34. The van der Waals surface area contributed by atoms with Gasteiger partial charge in [-0.2, -0.15) is 0 Å². The monoisotopic (exact) mass is 409 g/mol. The first-order valence-corrected chi connectivity index (χ1v) is 9.28. The lowest BCUT2D eigenvalue weighted by molar-refractivity contribution is -0.206. The van der Waals surface area contributed by atoms with Crippen LogP contribution in [-0.4, -0.2) is 59.4 Å². The number of thiophene rings is 1. The second-order valence-electron chi connectivity index (χ2n) is 6.34. The number of methoxy groups -OCH3 is 1. The molecule has 0 unspecified atom stereocenters. The van der Waals surface area contributed by atoms with Gasteiger partial charge in [-0.3, -0.25) is 14.5 Å². The molecule has 1 aromatic rings. The number of rotatable bonds is 7. The van der Waals surface area contributed by atoms with Crippen LogP contribution in [0.4, 0.5) is 4.79 Å². The number of hydrogen-bond acceptors (Lipinski definition) is 7. The highest BCUT2D eigenvalue weighted by Gasteiger charge is 2.65. The number of amides is 3. The number of carbonyl (C=O) groups excluding carboxylic acids is 3. The standard InChI is InChI=1S/C17H19N3O7S/c1-26-17(19-12(21)7-10-3-2-6-28-10)11-5-4-9(8-27-16(18)25)13(14(22)23)20(11)15(17)24/h2-3,6,11H,4-5,7-8H2,1H3,(H2,18,25)(H,19,21)(H,22,23)/t11-,17-/m1/s1. The molecule has 1 saturated heterocycles. The van der Waals surface area contributed by atoms with E-state index in [1.807, 2.05) is 11.4 Å². The minimum atomic E-state index is -1.62. The van der Waals surface area contributed by atoms with Gasteiger partial charge in [0, 0.05) is 12.0 Å². The average molecular weight is 409 g/mol. The van der Waals surface area contributed by atoms with E-state index in [1.165, 1.54) is 18.4 Å². The number of primary amides is 1. The Balaban J connectivity index is 1.81. The van der Waals surface area contributed by atoms with Gasteiger partial charge in [0.15, 0.2) is 0 Å². The highest BCUT2D eigenvalue weighted by Crippen LogP contribution is 2.43. The number of carboxylic acids is 1. The Labute approximate surface area is 163 Å². The smallest absolute Gasteiger partial charge is 0.404 e. The molecule has 4 N–H and O–H groups in total. The van der Waals surface area contributed by atoms with Crippen molar-refractivity contribution in [3.05, 3.63) is 33.7 Å². The molecule has 10 nitrogen and oxygen atoms in total. The molecule has 11 heteroatoms. The van der Waals surface area contributed by atoms with Crippen LogP contribution < -0.4 is 11.1 Å². The zero-order valence-corrected chi connectivity index (χ0v) is 15.8. The van der Waals surface area contributed by atoms with Crippen molar-refractivity contribution in [3.8, 4) is 0 Å². The SMILES string of the molecule is CO[C@@]1(NC(=O)Cc2cccs2)C(=O)N2C(C(=O)O)=C(COC(N)=O)CC[C@@H]21. The molecule has 1 aromatic heterocycles. The van der Waals surface area contributed by atoms with Crippen molar-refractivity contribution in [2.45, 2.75) is 31.0 Å². The summed E-state index contributed by atoms with van der Waals surface area (Å²) in [4.78, 5) is 49.7. The fraction of sp³-hybridized carbons (Fsp3) is 0.412. The van der Waals surface area contributed by atoms with Gasteiger partial charge in [0.05, 0.1) is 12.5 Å². The molecule has 2 atom stereocenters. The Bertz CT molecular complexity index is 851. The Kier molecular flexibility index (Phi) is 5.38. The number of nitrogens with zero attached hydrogens (tertiary/aromatic N) is 1. The highest BCUT2D eigenvalue weighted by molar-refractivity contribution is 7.10. The molecule has 2 aliphatic heterocycles. The second-order valence-corrected chi connectivity index (χ2v) is 7.37. The Morgan fingerprint density at radius 1 is 1.46 bits per heavy atom. The van der Waals surface area contributed by atoms with Gasteiger partial charge in [-0.1, -0.05) is 6.07 Å². The van der Waals surface area contributed by atoms with Crippen molar-refractivity contribution >= 4 is 35.2 Å². The maximum atomic E-state index is 12.8. The maximum Gasteiger partial charge on any atom is 0.404 e. The number of nitrogens with one attached hydrogen (secondary N) is 1. The van der Waals surface area contributed by atoms with Crippen molar-refractivity contribution in [2.24, 2.45) is 5.73 Å². The Morgan fingerprint density at radius 3 is 2.79 bits per heavy atom. The summed E-state index contributed by atoms with van der Waals surface area (Å²) >= 11 is 1.41. The molecule has 0 bridgehead atoms. The van der Waals surface area contributed by atoms with Crippen molar-refractivity contribution in [3.63, 3.8) is 0 Å². The van der Waals surface area contributed by atoms with Gasteiger partial charge in [-0.25, -0.2) is 9.59 Å². The number of aliphatic carboxylic acids is 1. The Hall–Kier alpha value is -2.92. The van der Waals surface area contributed by atoms with E-state index in [9.17, 15) is 24.3 Å². The predicted molar refractivity (Wildman–Crippen MR) is 96.0 cm³/mol. The van der Waals surface area contributed by atoms with E-state index in [0.717, 1.165) is 9.78 Å². The van der Waals surface area contributed by atoms with E-state index >= 15 is 0 Å². The topological polar surface area (TPSA) is 148 Å². The van der Waals surface area contributed by atoms with Gasteiger partial charge < -0.3 is 25.6 Å². The van der Waals surface area contributed by atoms with Crippen LogP contribution >= 0.6 is 11.3 Å². The summed E-state index contributed by atoms with van der Waals surface area (Å²) in [7, 11) is 1.29. The number of β-lactam (4-membered cyclic amide) rings is 1. The normalized spacial score (nSPS) is 23.7. The largest absolute Gasteiger partial charge is 0.477 e. The molecule has 0 radical (unpaired) electrons. The van der Waals surface area contributed by atoms with Crippen molar-refractivity contribution in [2.75, 3.05) is 13.7 Å². The minimum absolute atomic E-state index is 0.0854. The lowest BCUT2D eigenvalue weighted by atomic mass is 9.80. The first-order chi connectivity index (χ1) is 13.3. The van der Waals surface area contributed by atoms with Gasteiger partial charge in [0.2, 0.25) is 11.6 Å². The number of carbonyl (C=O) groups is 4.